The van der Waals surface area contributed by atoms with E-state index in [0.29, 0.717) is 6.04 Å². The molecule has 5 heteroatoms. The van der Waals surface area contributed by atoms with E-state index in [9.17, 15) is 4.79 Å². The van der Waals surface area contributed by atoms with Crippen LogP contribution in [0.15, 0.2) is 30.3 Å². The average Bonchev–Trinajstić information content (AvgIpc) is 3.06. The average molecular weight is 365 g/mol. The molecule has 0 bridgehead atoms. The van der Waals surface area contributed by atoms with Crippen molar-refractivity contribution < 1.29 is 9.63 Å². The Morgan fingerprint density at radius 1 is 1.33 bits per heavy atom. The molecular weight excluding hydrogens is 338 g/mol. The van der Waals surface area contributed by atoms with Crippen molar-refractivity contribution in [3.63, 3.8) is 0 Å². The summed E-state index contributed by atoms with van der Waals surface area (Å²) in [6, 6.07) is 8.91. The third-order valence-electron chi connectivity index (χ3n) is 7.03. The van der Waals surface area contributed by atoms with Crippen molar-refractivity contribution >= 4 is 22.5 Å². The molecular formula is C22H27N3O2. The molecule has 1 saturated heterocycles. The standard InChI is InChI=1S/C22H27N3O2/c1-4-22-11-7-12-24-13-10-16-15-8-5-6-9-17(15)25(19(16)20(22)24)18(14-22)21(26)23(2)27-3/h5-6,8-9,14,20H,4,7,10-13H2,1-3H3/t20?,22-/m0/s1. The van der Waals surface area contributed by atoms with Crippen LogP contribution in [0.25, 0.3) is 16.6 Å². The summed E-state index contributed by atoms with van der Waals surface area (Å²) in [4.78, 5) is 21.2. The number of carbonyl (C=O) groups excluding carboxylic acids is 1. The Morgan fingerprint density at radius 2 is 2.15 bits per heavy atom. The molecule has 0 spiro atoms. The molecule has 3 aliphatic heterocycles. The number of hydrogen-bond acceptors (Lipinski definition) is 3. The number of amides is 1. The smallest absolute Gasteiger partial charge is 0.293 e. The van der Waals surface area contributed by atoms with Crippen molar-refractivity contribution in [2.45, 2.75) is 38.6 Å². The van der Waals surface area contributed by atoms with E-state index < -0.39 is 0 Å². The summed E-state index contributed by atoms with van der Waals surface area (Å²) in [5.74, 6) is -0.0741. The lowest BCUT2D eigenvalue weighted by Gasteiger charge is -2.53. The van der Waals surface area contributed by atoms with Gasteiger partial charge in [0.1, 0.15) is 5.70 Å². The van der Waals surface area contributed by atoms with Crippen LogP contribution in [0.2, 0.25) is 0 Å². The fraction of sp³-hybridized carbons (Fsp3) is 0.500. The van der Waals surface area contributed by atoms with Crippen molar-refractivity contribution in [1.82, 2.24) is 14.5 Å². The predicted octanol–water partition coefficient (Wildman–Crippen LogP) is 3.61. The largest absolute Gasteiger partial charge is 0.307 e. The summed E-state index contributed by atoms with van der Waals surface area (Å²) in [5, 5.41) is 2.64. The van der Waals surface area contributed by atoms with Crippen LogP contribution in [0.4, 0.5) is 0 Å². The summed E-state index contributed by atoms with van der Waals surface area (Å²) in [7, 11) is 3.24. The minimum Gasteiger partial charge on any atom is -0.307 e. The van der Waals surface area contributed by atoms with Crippen molar-refractivity contribution in [2.24, 2.45) is 5.41 Å². The number of carbonyl (C=O) groups is 1. The first-order valence-electron chi connectivity index (χ1n) is 10.0. The van der Waals surface area contributed by atoms with Crippen molar-refractivity contribution in [2.75, 3.05) is 27.2 Å². The minimum absolute atomic E-state index is 0.0252. The van der Waals surface area contributed by atoms with Gasteiger partial charge in [-0.05, 0) is 49.9 Å². The number of para-hydroxylation sites is 1. The van der Waals surface area contributed by atoms with Crippen LogP contribution < -0.4 is 0 Å². The van der Waals surface area contributed by atoms with Gasteiger partial charge in [-0.2, -0.15) is 0 Å². The molecule has 3 aliphatic rings. The Labute approximate surface area is 160 Å². The Hall–Kier alpha value is -2.11. The molecule has 4 heterocycles. The van der Waals surface area contributed by atoms with Crippen LogP contribution in [0, 0.1) is 5.41 Å². The van der Waals surface area contributed by atoms with Crippen LogP contribution >= 0.6 is 0 Å². The number of rotatable bonds is 3. The van der Waals surface area contributed by atoms with E-state index in [4.69, 9.17) is 4.84 Å². The van der Waals surface area contributed by atoms with Gasteiger partial charge in [-0.1, -0.05) is 25.1 Å². The zero-order chi connectivity index (χ0) is 18.8. The van der Waals surface area contributed by atoms with Crippen LogP contribution in [-0.2, 0) is 16.1 Å². The number of fused-ring (bicyclic) bond motifs is 3. The third-order valence-corrected chi connectivity index (χ3v) is 7.03. The second kappa shape index (κ2) is 5.94. The first-order chi connectivity index (χ1) is 13.1. The first kappa shape index (κ1) is 17.0. The molecule has 0 saturated carbocycles. The molecule has 142 valence electrons. The highest BCUT2D eigenvalue weighted by molar-refractivity contribution is 6.16. The number of piperidine rings is 1. The molecule has 27 heavy (non-hydrogen) atoms. The molecule has 1 fully saturated rings. The summed E-state index contributed by atoms with van der Waals surface area (Å²) < 4.78 is 2.23. The van der Waals surface area contributed by atoms with Crippen molar-refractivity contribution in [3.8, 4) is 0 Å². The van der Waals surface area contributed by atoms with E-state index in [1.165, 1.54) is 28.1 Å². The monoisotopic (exact) mass is 365 g/mol. The van der Waals surface area contributed by atoms with Gasteiger partial charge >= 0.3 is 0 Å². The van der Waals surface area contributed by atoms with Crippen LogP contribution in [0.5, 0.6) is 0 Å². The Kier molecular flexibility index (Phi) is 3.75. The van der Waals surface area contributed by atoms with E-state index in [0.717, 1.165) is 43.6 Å². The lowest BCUT2D eigenvalue weighted by molar-refractivity contribution is -0.162. The number of nitrogens with zero attached hydrogens (tertiary/aromatic N) is 3. The molecule has 5 nitrogen and oxygen atoms in total. The molecule has 0 aliphatic carbocycles. The zero-order valence-corrected chi connectivity index (χ0v) is 16.4. The lowest BCUT2D eigenvalue weighted by atomic mass is 9.66. The van der Waals surface area contributed by atoms with Gasteiger partial charge in [-0.25, -0.2) is 5.06 Å². The van der Waals surface area contributed by atoms with Gasteiger partial charge in [-0.15, -0.1) is 0 Å². The molecule has 5 rings (SSSR count). The zero-order valence-electron chi connectivity index (χ0n) is 16.4. The second-order valence-electron chi connectivity index (χ2n) is 8.11. The predicted molar refractivity (Wildman–Crippen MR) is 106 cm³/mol. The number of benzene rings is 1. The Bertz CT molecular complexity index is 960. The minimum atomic E-state index is -0.0741. The topological polar surface area (TPSA) is 37.7 Å². The van der Waals surface area contributed by atoms with E-state index in [-0.39, 0.29) is 11.3 Å². The fourth-order valence-corrected chi connectivity index (χ4v) is 5.68. The maximum Gasteiger partial charge on any atom is 0.293 e. The summed E-state index contributed by atoms with van der Waals surface area (Å²) in [5.41, 5.74) is 4.70. The SMILES string of the molecule is CC[C@@]12C=C(C(=O)N(C)OC)n3c4c(c5ccccc53)CCN(CCC1)C42. The third kappa shape index (κ3) is 2.15. The molecule has 1 amide bonds. The fourth-order valence-electron chi connectivity index (χ4n) is 5.68. The second-order valence-corrected chi connectivity index (χ2v) is 8.11. The number of aromatic nitrogens is 1. The highest BCUT2D eigenvalue weighted by Gasteiger charge is 2.51. The van der Waals surface area contributed by atoms with E-state index in [1.807, 2.05) is 0 Å². The highest BCUT2D eigenvalue weighted by atomic mass is 16.7. The van der Waals surface area contributed by atoms with Gasteiger partial charge < -0.3 is 4.57 Å². The normalized spacial score (nSPS) is 26.6. The highest BCUT2D eigenvalue weighted by Crippen LogP contribution is 2.57. The first-order valence-corrected chi connectivity index (χ1v) is 10.0. The maximum atomic E-state index is 13.3. The number of hydrogen-bond donors (Lipinski definition) is 0. The number of hydroxylamine groups is 2. The molecule has 2 aromatic rings. The van der Waals surface area contributed by atoms with Crippen molar-refractivity contribution in [1.29, 1.82) is 0 Å². The Morgan fingerprint density at radius 3 is 2.93 bits per heavy atom. The quantitative estimate of drug-likeness (QED) is 0.780. The molecule has 0 N–H and O–H groups in total. The van der Waals surface area contributed by atoms with Gasteiger partial charge in [0.2, 0.25) is 0 Å². The number of likely N-dealkylation sites (N-methyl/N-ethyl adjacent to an activating group) is 1. The van der Waals surface area contributed by atoms with Gasteiger partial charge in [0.05, 0.1) is 18.7 Å². The molecule has 1 aromatic heterocycles. The Balaban J connectivity index is 1.85. The van der Waals surface area contributed by atoms with E-state index in [1.54, 1.807) is 14.2 Å². The van der Waals surface area contributed by atoms with Gasteiger partial charge in [0.15, 0.2) is 0 Å². The van der Waals surface area contributed by atoms with Gasteiger partial charge in [-0.3, -0.25) is 14.5 Å². The summed E-state index contributed by atoms with van der Waals surface area (Å²) in [6.45, 7) is 4.54. The van der Waals surface area contributed by atoms with Crippen molar-refractivity contribution in [3.05, 3.63) is 41.6 Å². The van der Waals surface area contributed by atoms with Gasteiger partial charge in [0.25, 0.3) is 5.91 Å². The van der Waals surface area contributed by atoms with E-state index >= 15 is 0 Å². The molecule has 2 atom stereocenters. The molecule has 0 radical (unpaired) electrons. The summed E-state index contributed by atoms with van der Waals surface area (Å²) in [6.07, 6.45) is 6.71. The van der Waals surface area contributed by atoms with Crippen LogP contribution in [-0.4, -0.2) is 47.7 Å². The molecule has 1 unspecified atom stereocenters. The summed E-state index contributed by atoms with van der Waals surface area (Å²) >= 11 is 0. The van der Waals surface area contributed by atoms with E-state index in [2.05, 4.69) is 46.7 Å². The van der Waals surface area contributed by atoms with Crippen LogP contribution in [0.1, 0.15) is 43.5 Å². The maximum absolute atomic E-state index is 13.3. The van der Waals surface area contributed by atoms with Crippen LogP contribution in [0.3, 0.4) is 0 Å². The van der Waals surface area contributed by atoms with Gasteiger partial charge in [0, 0.05) is 30.1 Å². The molecule has 1 aromatic carbocycles. The lowest BCUT2D eigenvalue weighted by Crippen LogP contribution is -2.51.